The van der Waals surface area contributed by atoms with Gasteiger partial charge in [0.05, 0.1) is 7.11 Å². The van der Waals surface area contributed by atoms with Crippen molar-refractivity contribution in [1.82, 2.24) is 9.55 Å². The molecule has 1 rings (SSSR count). The van der Waals surface area contributed by atoms with Gasteiger partial charge in [0.2, 0.25) is 0 Å². The van der Waals surface area contributed by atoms with Gasteiger partial charge in [0.1, 0.15) is 12.4 Å². The fourth-order valence-electron chi connectivity index (χ4n) is 1.15. The number of aromatic nitrogens is 2. The summed E-state index contributed by atoms with van der Waals surface area (Å²) in [7, 11) is 1.28. The molecule has 0 fully saturated rings. The molecule has 0 N–H and O–H groups in total. The Morgan fingerprint density at radius 2 is 2.21 bits per heavy atom. The number of carbonyl (C=O) groups is 1. The van der Waals surface area contributed by atoms with Crippen LogP contribution in [-0.2, 0) is 16.1 Å². The average molecular weight is 196 g/mol. The van der Waals surface area contributed by atoms with Crippen LogP contribution in [0, 0.1) is 13.8 Å². The molecule has 1 heterocycles. The monoisotopic (exact) mass is 196 g/mol. The second kappa shape index (κ2) is 4.04. The molecule has 1 aromatic rings. The van der Waals surface area contributed by atoms with Crippen LogP contribution in [0.3, 0.4) is 0 Å². The number of hydrogen-bond donors (Lipinski definition) is 0. The molecule has 5 heteroatoms. The van der Waals surface area contributed by atoms with Gasteiger partial charge in [0, 0.05) is 11.8 Å². The molecule has 0 radical (unpaired) electrons. The molecule has 0 spiro atoms. The molecule has 0 atom stereocenters. The largest absolute Gasteiger partial charge is 0.468 e. The van der Waals surface area contributed by atoms with E-state index >= 15 is 0 Å². The van der Waals surface area contributed by atoms with Gasteiger partial charge in [-0.2, -0.15) is 0 Å². The minimum absolute atomic E-state index is 0.0888. The Balaban J connectivity index is 3.09. The first-order valence-corrected chi connectivity index (χ1v) is 4.16. The molecule has 0 saturated carbocycles. The Bertz CT molecular complexity index is 409. The lowest BCUT2D eigenvalue weighted by molar-refractivity contribution is -0.141. The number of ether oxygens (including phenoxy) is 1. The maximum Gasteiger partial charge on any atom is 0.325 e. The van der Waals surface area contributed by atoms with Gasteiger partial charge >= 0.3 is 5.97 Å². The summed E-state index contributed by atoms with van der Waals surface area (Å²) in [6.45, 7) is 3.32. The van der Waals surface area contributed by atoms with E-state index < -0.39 is 5.97 Å². The second-order valence-corrected chi connectivity index (χ2v) is 2.95. The fraction of sp³-hybridized carbons (Fsp3) is 0.444. The number of carbonyl (C=O) groups excluding carboxylic acids is 1. The van der Waals surface area contributed by atoms with Crippen molar-refractivity contribution in [3.05, 3.63) is 27.9 Å². The predicted octanol–water partition coefficient (Wildman–Crippen LogP) is 0.0331. The average Bonchev–Trinajstić information content (AvgIpc) is 2.10. The Kier molecular flexibility index (Phi) is 3.01. The first kappa shape index (κ1) is 10.4. The van der Waals surface area contributed by atoms with Crippen molar-refractivity contribution < 1.29 is 9.53 Å². The second-order valence-electron chi connectivity index (χ2n) is 2.95. The van der Waals surface area contributed by atoms with Gasteiger partial charge in [0.15, 0.2) is 0 Å². The maximum atomic E-state index is 11.4. The minimum Gasteiger partial charge on any atom is -0.468 e. The summed E-state index contributed by atoms with van der Waals surface area (Å²) in [6, 6.07) is 1.38. The molecule has 0 aromatic carbocycles. The van der Waals surface area contributed by atoms with Crippen LogP contribution in [0.15, 0.2) is 10.9 Å². The molecular formula is C9H12N2O3. The molecule has 5 nitrogen and oxygen atoms in total. The van der Waals surface area contributed by atoms with E-state index in [1.807, 2.05) is 0 Å². The normalized spacial score (nSPS) is 9.93. The predicted molar refractivity (Wildman–Crippen MR) is 50.0 cm³/mol. The van der Waals surface area contributed by atoms with Gasteiger partial charge in [-0.05, 0) is 13.8 Å². The number of esters is 1. The van der Waals surface area contributed by atoms with Gasteiger partial charge < -0.3 is 4.74 Å². The topological polar surface area (TPSA) is 61.2 Å². The number of hydrogen-bond acceptors (Lipinski definition) is 4. The molecule has 0 unspecified atom stereocenters. The highest BCUT2D eigenvalue weighted by Crippen LogP contribution is 1.93. The highest BCUT2D eigenvalue weighted by atomic mass is 16.5. The first-order valence-electron chi connectivity index (χ1n) is 4.16. The number of methoxy groups -OCH3 is 1. The Hall–Kier alpha value is -1.65. The van der Waals surface area contributed by atoms with Crippen molar-refractivity contribution in [3.63, 3.8) is 0 Å². The highest BCUT2D eigenvalue weighted by molar-refractivity contribution is 5.68. The van der Waals surface area contributed by atoms with E-state index in [4.69, 9.17) is 0 Å². The summed E-state index contributed by atoms with van der Waals surface area (Å²) in [4.78, 5) is 26.5. The first-order chi connectivity index (χ1) is 6.54. The zero-order valence-electron chi connectivity index (χ0n) is 8.40. The minimum atomic E-state index is -0.458. The van der Waals surface area contributed by atoms with E-state index in [0.29, 0.717) is 11.5 Å². The lowest BCUT2D eigenvalue weighted by atomic mass is 10.4. The molecule has 0 amide bonds. The van der Waals surface area contributed by atoms with E-state index in [1.54, 1.807) is 13.8 Å². The van der Waals surface area contributed by atoms with Crippen LogP contribution in [0.1, 0.15) is 11.5 Å². The van der Waals surface area contributed by atoms with Crippen LogP contribution in [0.2, 0.25) is 0 Å². The molecule has 0 bridgehead atoms. The molecule has 0 aliphatic carbocycles. The molecule has 0 aliphatic heterocycles. The summed E-state index contributed by atoms with van der Waals surface area (Å²) < 4.78 is 5.74. The Morgan fingerprint density at radius 1 is 1.57 bits per heavy atom. The zero-order chi connectivity index (χ0) is 10.7. The highest BCUT2D eigenvalue weighted by Gasteiger charge is 2.07. The Labute approximate surface area is 81.3 Å². The van der Waals surface area contributed by atoms with Gasteiger partial charge in [-0.3, -0.25) is 14.2 Å². The van der Waals surface area contributed by atoms with Crippen LogP contribution < -0.4 is 5.56 Å². The third-order valence-electron chi connectivity index (χ3n) is 1.84. The summed E-state index contributed by atoms with van der Waals surface area (Å²) in [6.07, 6.45) is 0. The Morgan fingerprint density at radius 3 is 2.71 bits per heavy atom. The summed E-state index contributed by atoms with van der Waals surface area (Å²) in [5, 5.41) is 0. The van der Waals surface area contributed by atoms with Crippen molar-refractivity contribution in [2.75, 3.05) is 7.11 Å². The molecule has 0 aliphatic rings. The quantitative estimate of drug-likeness (QED) is 0.626. The number of rotatable bonds is 2. The van der Waals surface area contributed by atoms with Crippen LogP contribution in [-0.4, -0.2) is 22.6 Å². The van der Waals surface area contributed by atoms with Gasteiger partial charge in [-0.25, -0.2) is 4.98 Å². The lowest BCUT2D eigenvalue weighted by Gasteiger charge is -2.07. The third-order valence-corrected chi connectivity index (χ3v) is 1.84. The van der Waals surface area contributed by atoms with Gasteiger partial charge in [0.25, 0.3) is 5.56 Å². The van der Waals surface area contributed by atoms with Crippen molar-refractivity contribution >= 4 is 5.97 Å². The smallest absolute Gasteiger partial charge is 0.325 e. The van der Waals surface area contributed by atoms with Crippen molar-refractivity contribution in [3.8, 4) is 0 Å². The van der Waals surface area contributed by atoms with Crippen LogP contribution in [0.5, 0.6) is 0 Å². The van der Waals surface area contributed by atoms with Crippen molar-refractivity contribution in [1.29, 1.82) is 0 Å². The summed E-state index contributed by atoms with van der Waals surface area (Å²) >= 11 is 0. The number of nitrogens with zero attached hydrogens (tertiary/aromatic N) is 2. The lowest BCUT2D eigenvalue weighted by Crippen LogP contribution is -2.27. The SMILES string of the molecule is COC(=O)Cn1c(C)nc(C)cc1=O. The zero-order valence-corrected chi connectivity index (χ0v) is 8.40. The summed E-state index contributed by atoms with van der Waals surface area (Å²) in [5.41, 5.74) is 0.411. The van der Waals surface area contributed by atoms with Gasteiger partial charge in [-0.15, -0.1) is 0 Å². The standard InChI is InChI=1S/C9H12N2O3/c1-6-4-8(12)11(7(2)10-6)5-9(13)14-3/h4H,5H2,1-3H3. The van der Waals surface area contributed by atoms with Crippen LogP contribution >= 0.6 is 0 Å². The van der Waals surface area contributed by atoms with E-state index in [0.717, 1.165) is 0 Å². The van der Waals surface area contributed by atoms with E-state index in [9.17, 15) is 9.59 Å². The summed E-state index contributed by atoms with van der Waals surface area (Å²) in [5.74, 6) is 0.0567. The van der Waals surface area contributed by atoms with E-state index in [-0.39, 0.29) is 12.1 Å². The number of aryl methyl sites for hydroxylation is 2. The van der Waals surface area contributed by atoms with Crippen LogP contribution in [0.4, 0.5) is 0 Å². The third kappa shape index (κ3) is 2.18. The molecule has 0 saturated heterocycles. The van der Waals surface area contributed by atoms with E-state index in [2.05, 4.69) is 9.72 Å². The van der Waals surface area contributed by atoms with Crippen molar-refractivity contribution in [2.24, 2.45) is 0 Å². The molecule has 1 aromatic heterocycles. The molecule has 14 heavy (non-hydrogen) atoms. The molecular weight excluding hydrogens is 184 g/mol. The van der Waals surface area contributed by atoms with E-state index in [1.165, 1.54) is 17.7 Å². The van der Waals surface area contributed by atoms with Crippen LogP contribution in [0.25, 0.3) is 0 Å². The molecule has 76 valence electrons. The fourth-order valence-corrected chi connectivity index (χ4v) is 1.15. The van der Waals surface area contributed by atoms with Gasteiger partial charge in [-0.1, -0.05) is 0 Å². The van der Waals surface area contributed by atoms with Crippen molar-refractivity contribution in [2.45, 2.75) is 20.4 Å². The maximum absolute atomic E-state index is 11.4.